The normalized spacial score (nSPS) is 22.0. The third-order valence-corrected chi connectivity index (χ3v) is 6.81. The quantitative estimate of drug-likeness (QED) is 0.791. The van der Waals surface area contributed by atoms with Gasteiger partial charge < -0.3 is 9.80 Å². The zero-order chi connectivity index (χ0) is 17.8. The second-order valence-corrected chi connectivity index (χ2v) is 8.51. The van der Waals surface area contributed by atoms with Crippen molar-refractivity contribution in [2.45, 2.75) is 25.7 Å². The van der Waals surface area contributed by atoms with E-state index in [1.807, 2.05) is 16.8 Å². The topological polar surface area (TPSA) is 23.6 Å². The molecule has 3 nitrogen and oxygen atoms in total. The van der Waals surface area contributed by atoms with Gasteiger partial charge >= 0.3 is 0 Å². The summed E-state index contributed by atoms with van der Waals surface area (Å²) in [5.74, 6) is 1.84. The third kappa shape index (κ3) is 4.18. The monoisotopic (exact) mass is 368 g/mol. The fourth-order valence-electron chi connectivity index (χ4n) is 4.53. The van der Waals surface area contributed by atoms with Crippen molar-refractivity contribution in [1.29, 1.82) is 0 Å². The molecule has 1 amide bonds. The van der Waals surface area contributed by atoms with E-state index in [0.717, 1.165) is 36.9 Å². The molecule has 2 aliphatic rings. The summed E-state index contributed by atoms with van der Waals surface area (Å²) in [6, 6.07) is 12.8. The van der Waals surface area contributed by atoms with Crippen molar-refractivity contribution in [3.05, 3.63) is 58.3 Å². The molecule has 0 saturated carbocycles. The van der Waals surface area contributed by atoms with Gasteiger partial charge in [0.1, 0.15) is 0 Å². The standard InChI is InChI=1S/C22H28N2OS/c25-22(21-10-15-26-17-21)24-13-8-19(9-14-24)20-7-12-23(16-20)11-6-18-4-2-1-3-5-18/h1-5,10,15,17,19-20H,6-9,11-14,16H2/t20-/m0/s1. The molecule has 138 valence electrons. The molecule has 1 aromatic heterocycles. The van der Waals surface area contributed by atoms with E-state index in [2.05, 4.69) is 40.1 Å². The predicted molar refractivity (Wildman–Crippen MR) is 108 cm³/mol. The van der Waals surface area contributed by atoms with Gasteiger partial charge in [0.05, 0.1) is 5.56 Å². The van der Waals surface area contributed by atoms with Gasteiger partial charge in [0, 0.05) is 31.6 Å². The lowest BCUT2D eigenvalue weighted by Crippen LogP contribution is -2.40. The molecule has 0 unspecified atom stereocenters. The lowest BCUT2D eigenvalue weighted by Gasteiger charge is -2.34. The number of thiophene rings is 1. The van der Waals surface area contributed by atoms with Gasteiger partial charge in [0.25, 0.3) is 5.91 Å². The molecule has 3 heterocycles. The summed E-state index contributed by atoms with van der Waals surface area (Å²) in [5.41, 5.74) is 2.30. The summed E-state index contributed by atoms with van der Waals surface area (Å²) in [7, 11) is 0. The lowest BCUT2D eigenvalue weighted by molar-refractivity contribution is 0.0660. The van der Waals surface area contributed by atoms with Gasteiger partial charge in [0.2, 0.25) is 0 Å². The first-order chi connectivity index (χ1) is 12.8. The number of likely N-dealkylation sites (tertiary alicyclic amines) is 2. The lowest BCUT2D eigenvalue weighted by atomic mass is 9.83. The highest BCUT2D eigenvalue weighted by molar-refractivity contribution is 7.08. The number of rotatable bonds is 5. The summed E-state index contributed by atoms with van der Waals surface area (Å²) >= 11 is 1.60. The van der Waals surface area contributed by atoms with Crippen LogP contribution in [0.1, 0.15) is 35.2 Å². The first kappa shape index (κ1) is 17.7. The second kappa shape index (κ2) is 8.36. The van der Waals surface area contributed by atoms with E-state index >= 15 is 0 Å². The molecular formula is C22H28N2OS. The summed E-state index contributed by atoms with van der Waals surface area (Å²) in [6.07, 6.45) is 4.83. The van der Waals surface area contributed by atoms with Crippen molar-refractivity contribution >= 4 is 17.2 Å². The number of carbonyl (C=O) groups is 1. The van der Waals surface area contributed by atoms with E-state index < -0.39 is 0 Å². The maximum Gasteiger partial charge on any atom is 0.254 e. The minimum absolute atomic E-state index is 0.223. The second-order valence-electron chi connectivity index (χ2n) is 7.73. The Bertz CT molecular complexity index is 692. The van der Waals surface area contributed by atoms with E-state index in [0.29, 0.717) is 0 Å². The van der Waals surface area contributed by atoms with Gasteiger partial charge in [-0.25, -0.2) is 0 Å². The van der Waals surface area contributed by atoms with Crippen molar-refractivity contribution in [1.82, 2.24) is 9.80 Å². The van der Waals surface area contributed by atoms with Crippen LogP contribution in [0.3, 0.4) is 0 Å². The van der Waals surface area contributed by atoms with Crippen LogP contribution in [0, 0.1) is 11.8 Å². The summed E-state index contributed by atoms with van der Waals surface area (Å²) in [4.78, 5) is 17.2. The predicted octanol–water partition coefficient (Wildman–Crippen LogP) is 4.16. The zero-order valence-corrected chi connectivity index (χ0v) is 16.2. The smallest absolute Gasteiger partial charge is 0.254 e. The van der Waals surface area contributed by atoms with E-state index in [4.69, 9.17) is 0 Å². The van der Waals surface area contributed by atoms with Crippen LogP contribution in [-0.4, -0.2) is 48.4 Å². The van der Waals surface area contributed by atoms with Crippen molar-refractivity contribution in [3.8, 4) is 0 Å². The van der Waals surface area contributed by atoms with Crippen molar-refractivity contribution in [2.75, 3.05) is 32.7 Å². The molecule has 26 heavy (non-hydrogen) atoms. The Kier molecular flexibility index (Phi) is 5.71. The van der Waals surface area contributed by atoms with Gasteiger partial charge in [0.15, 0.2) is 0 Å². The highest BCUT2D eigenvalue weighted by atomic mass is 32.1. The molecule has 0 radical (unpaired) electrons. The molecule has 4 rings (SSSR count). The number of benzene rings is 1. The van der Waals surface area contributed by atoms with Gasteiger partial charge in [-0.2, -0.15) is 11.3 Å². The molecule has 0 spiro atoms. The minimum Gasteiger partial charge on any atom is -0.339 e. The SMILES string of the molecule is O=C(c1ccsc1)N1CCC([C@H]2CCN(CCc3ccccc3)C2)CC1. The average molecular weight is 369 g/mol. The molecule has 2 saturated heterocycles. The molecule has 0 bridgehead atoms. The maximum absolute atomic E-state index is 12.5. The minimum atomic E-state index is 0.223. The Morgan fingerprint density at radius 3 is 2.50 bits per heavy atom. The number of nitrogens with zero attached hydrogens (tertiary/aromatic N) is 2. The molecule has 2 aliphatic heterocycles. The Morgan fingerprint density at radius 2 is 1.77 bits per heavy atom. The summed E-state index contributed by atoms with van der Waals surface area (Å²) < 4.78 is 0. The van der Waals surface area contributed by atoms with Crippen LogP contribution >= 0.6 is 11.3 Å². The van der Waals surface area contributed by atoms with Gasteiger partial charge in [-0.15, -0.1) is 0 Å². The van der Waals surface area contributed by atoms with Crippen LogP contribution in [0.5, 0.6) is 0 Å². The Balaban J connectivity index is 1.22. The number of hydrogen-bond donors (Lipinski definition) is 0. The van der Waals surface area contributed by atoms with Crippen molar-refractivity contribution in [2.24, 2.45) is 11.8 Å². The van der Waals surface area contributed by atoms with E-state index in [1.54, 1.807) is 11.3 Å². The van der Waals surface area contributed by atoms with Crippen molar-refractivity contribution < 1.29 is 4.79 Å². The highest BCUT2D eigenvalue weighted by Crippen LogP contribution is 2.32. The number of carbonyl (C=O) groups excluding carboxylic acids is 1. The van der Waals surface area contributed by atoms with E-state index in [-0.39, 0.29) is 5.91 Å². The largest absolute Gasteiger partial charge is 0.339 e. The van der Waals surface area contributed by atoms with Crippen LogP contribution in [0.2, 0.25) is 0 Å². The number of amides is 1. The van der Waals surface area contributed by atoms with E-state index in [9.17, 15) is 4.79 Å². The van der Waals surface area contributed by atoms with Crippen molar-refractivity contribution in [3.63, 3.8) is 0 Å². The summed E-state index contributed by atoms with van der Waals surface area (Å²) in [5, 5.41) is 3.96. The molecule has 2 aromatic rings. The fourth-order valence-corrected chi connectivity index (χ4v) is 5.15. The molecule has 1 atom stereocenters. The van der Waals surface area contributed by atoms with Crippen LogP contribution in [0.25, 0.3) is 0 Å². The van der Waals surface area contributed by atoms with Crippen LogP contribution in [0.4, 0.5) is 0 Å². The summed E-state index contributed by atoms with van der Waals surface area (Å²) in [6.45, 7) is 5.53. The van der Waals surface area contributed by atoms with Crippen LogP contribution in [0.15, 0.2) is 47.2 Å². The highest BCUT2D eigenvalue weighted by Gasteiger charge is 2.32. The first-order valence-electron chi connectivity index (χ1n) is 9.87. The molecule has 1 aromatic carbocycles. The van der Waals surface area contributed by atoms with Gasteiger partial charge in [-0.3, -0.25) is 4.79 Å². The Morgan fingerprint density at radius 1 is 1.00 bits per heavy atom. The maximum atomic E-state index is 12.5. The number of piperidine rings is 1. The fraction of sp³-hybridized carbons (Fsp3) is 0.500. The molecule has 2 fully saturated rings. The molecule has 0 aliphatic carbocycles. The number of hydrogen-bond acceptors (Lipinski definition) is 3. The van der Waals surface area contributed by atoms with E-state index in [1.165, 1.54) is 44.5 Å². The molecule has 4 heteroatoms. The van der Waals surface area contributed by atoms with Crippen LogP contribution in [-0.2, 0) is 6.42 Å². The van der Waals surface area contributed by atoms with Gasteiger partial charge in [-0.1, -0.05) is 30.3 Å². The Hall–Kier alpha value is -1.65. The van der Waals surface area contributed by atoms with Crippen LogP contribution < -0.4 is 0 Å². The molecular weight excluding hydrogens is 340 g/mol. The van der Waals surface area contributed by atoms with Gasteiger partial charge in [-0.05, 0) is 61.1 Å². The Labute approximate surface area is 160 Å². The molecule has 0 N–H and O–H groups in total. The first-order valence-corrected chi connectivity index (χ1v) is 10.8. The average Bonchev–Trinajstić information content (AvgIpc) is 3.39. The third-order valence-electron chi connectivity index (χ3n) is 6.13. The zero-order valence-electron chi connectivity index (χ0n) is 15.3.